The molecule has 0 fully saturated rings. The molecule has 1 aliphatic heterocycles. The molecule has 3 nitrogen and oxygen atoms in total. The summed E-state index contributed by atoms with van der Waals surface area (Å²) in [6.45, 7) is 4.31. The molecule has 0 bridgehead atoms. The molecule has 2 rings (SSSR count). The summed E-state index contributed by atoms with van der Waals surface area (Å²) >= 11 is 1.83. The van der Waals surface area contributed by atoms with Gasteiger partial charge in [0.1, 0.15) is 5.60 Å². The van der Waals surface area contributed by atoms with Gasteiger partial charge in [0, 0.05) is 24.5 Å². The monoisotopic (exact) mass is 250 g/mol. The maximum absolute atomic E-state index is 9.90. The topological polar surface area (TPSA) is 45.1 Å². The van der Waals surface area contributed by atoms with Crippen molar-refractivity contribution in [2.45, 2.75) is 32.0 Å². The van der Waals surface area contributed by atoms with Gasteiger partial charge in [0.2, 0.25) is 0 Å². The van der Waals surface area contributed by atoms with E-state index in [-0.39, 0.29) is 0 Å². The molecule has 0 aliphatic carbocycles. The predicted octanol–water partition coefficient (Wildman–Crippen LogP) is 2.03. The molecule has 1 atom stereocenters. The number of aliphatic hydroxyl groups is 1. The van der Waals surface area contributed by atoms with Crippen LogP contribution in [-0.4, -0.2) is 21.9 Å². The van der Waals surface area contributed by atoms with E-state index in [9.17, 15) is 5.11 Å². The van der Waals surface area contributed by atoms with Crippen molar-refractivity contribution in [1.82, 2.24) is 10.3 Å². The molecule has 2 heterocycles. The first-order valence-electron chi connectivity index (χ1n) is 5.75. The number of hydrogen-bond acceptors (Lipinski definition) is 4. The van der Waals surface area contributed by atoms with E-state index in [1.807, 2.05) is 23.9 Å². The van der Waals surface area contributed by atoms with Gasteiger partial charge in [-0.05, 0) is 37.0 Å². The maximum atomic E-state index is 9.90. The highest BCUT2D eigenvalue weighted by molar-refractivity contribution is 8.02. The summed E-state index contributed by atoms with van der Waals surface area (Å²) in [6.07, 6.45) is 3.94. The van der Waals surface area contributed by atoms with Gasteiger partial charge in [-0.15, -0.1) is 11.8 Å². The summed E-state index contributed by atoms with van der Waals surface area (Å²) in [5.41, 5.74) is 0.995. The van der Waals surface area contributed by atoms with Gasteiger partial charge in [0.15, 0.2) is 0 Å². The first-order valence-corrected chi connectivity index (χ1v) is 6.80. The summed E-state index contributed by atoms with van der Waals surface area (Å²) in [6, 6.07) is 4.39. The second kappa shape index (κ2) is 5.21. The van der Waals surface area contributed by atoms with Crippen molar-refractivity contribution in [2.75, 3.05) is 5.75 Å². The average molecular weight is 250 g/mol. The fourth-order valence-corrected chi connectivity index (χ4v) is 2.51. The summed E-state index contributed by atoms with van der Waals surface area (Å²) in [7, 11) is 0. The number of nitrogens with zero attached hydrogens (tertiary/aromatic N) is 1. The number of nitrogens with one attached hydrogen (secondary N) is 1. The van der Waals surface area contributed by atoms with Gasteiger partial charge < -0.3 is 10.4 Å². The van der Waals surface area contributed by atoms with Gasteiger partial charge in [-0.1, -0.05) is 6.08 Å². The zero-order valence-corrected chi connectivity index (χ0v) is 11.0. The Hall–Kier alpha value is -0.840. The van der Waals surface area contributed by atoms with Gasteiger partial charge in [0.25, 0.3) is 0 Å². The zero-order chi connectivity index (χ0) is 12.3. The third-order valence-electron chi connectivity index (χ3n) is 2.70. The molecule has 0 amide bonds. The standard InChI is InChI=1S/C13H18N2OS/c1-13(2,16)12-7-10(3-5-14-12)8-15-11-4-6-17-9-11/h3-7,11,15-16H,8-9H2,1-2H3/t11-/m1/s1. The molecule has 17 heavy (non-hydrogen) atoms. The molecule has 2 N–H and O–H groups in total. The van der Waals surface area contributed by atoms with Crippen LogP contribution in [0.2, 0.25) is 0 Å². The van der Waals surface area contributed by atoms with Crippen LogP contribution >= 0.6 is 11.8 Å². The van der Waals surface area contributed by atoms with E-state index in [1.165, 1.54) is 0 Å². The highest BCUT2D eigenvalue weighted by atomic mass is 32.2. The van der Waals surface area contributed by atoms with E-state index in [0.29, 0.717) is 11.7 Å². The molecule has 0 saturated carbocycles. The van der Waals surface area contributed by atoms with Crippen LogP contribution in [0.4, 0.5) is 0 Å². The molecule has 0 radical (unpaired) electrons. The summed E-state index contributed by atoms with van der Waals surface area (Å²) in [5, 5.41) is 15.5. The number of hydrogen-bond donors (Lipinski definition) is 2. The SMILES string of the molecule is CC(C)(O)c1cc(CN[C@@H]2C=CSC2)ccn1. The van der Waals surface area contributed by atoms with E-state index < -0.39 is 5.60 Å². The molecule has 0 unspecified atom stereocenters. The van der Waals surface area contributed by atoms with Crippen molar-refractivity contribution < 1.29 is 5.11 Å². The Kier molecular flexibility index (Phi) is 3.86. The fraction of sp³-hybridized carbons (Fsp3) is 0.462. The molecule has 1 aromatic rings. The molecule has 4 heteroatoms. The fourth-order valence-electron chi connectivity index (χ4n) is 1.66. The second-order valence-corrected chi connectivity index (χ2v) is 5.70. The van der Waals surface area contributed by atoms with Gasteiger partial charge in [-0.3, -0.25) is 4.98 Å². The van der Waals surface area contributed by atoms with Crippen molar-refractivity contribution in [3.63, 3.8) is 0 Å². The molecule has 0 saturated heterocycles. The maximum Gasteiger partial charge on any atom is 0.101 e. The van der Waals surface area contributed by atoms with E-state index >= 15 is 0 Å². The highest BCUT2D eigenvalue weighted by Gasteiger charge is 2.17. The molecular formula is C13H18N2OS. The Bertz CT molecular complexity index is 412. The molecule has 0 aromatic carbocycles. The lowest BCUT2D eigenvalue weighted by Crippen LogP contribution is -2.27. The van der Waals surface area contributed by atoms with Gasteiger partial charge >= 0.3 is 0 Å². The van der Waals surface area contributed by atoms with Crippen LogP contribution < -0.4 is 5.32 Å². The highest BCUT2D eigenvalue weighted by Crippen LogP contribution is 2.18. The second-order valence-electron chi connectivity index (χ2n) is 4.76. The van der Waals surface area contributed by atoms with Gasteiger partial charge in [-0.2, -0.15) is 0 Å². The van der Waals surface area contributed by atoms with E-state index in [4.69, 9.17) is 0 Å². The van der Waals surface area contributed by atoms with Crippen molar-refractivity contribution in [1.29, 1.82) is 0 Å². The zero-order valence-electron chi connectivity index (χ0n) is 10.2. The van der Waals surface area contributed by atoms with Crippen LogP contribution in [-0.2, 0) is 12.1 Å². The lowest BCUT2D eigenvalue weighted by atomic mass is 10.0. The van der Waals surface area contributed by atoms with Crippen molar-refractivity contribution in [3.05, 3.63) is 41.1 Å². The number of thioether (sulfide) groups is 1. The Morgan fingerprint density at radius 3 is 3.06 bits per heavy atom. The van der Waals surface area contributed by atoms with Crippen LogP contribution in [0.3, 0.4) is 0 Å². The third kappa shape index (κ3) is 3.56. The minimum absolute atomic E-state index is 0.457. The van der Waals surface area contributed by atoms with Crippen molar-refractivity contribution >= 4 is 11.8 Å². The van der Waals surface area contributed by atoms with E-state index in [0.717, 1.165) is 17.9 Å². The lowest BCUT2D eigenvalue weighted by molar-refractivity contribution is 0.0737. The van der Waals surface area contributed by atoms with Crippen LogP contribution in [0.5, 0.6) is 0 Å². The summed E-state index contributed by atoms with van der Waals surface area (Å²) in [4.78, 5) is 4.19. The molecule has 1 aliphatic rings. The Labute approximate surface area is 106 Å². The minimum Gasteiger partial charge on any atom is -0.384 e. The Morgan fingerprint density at radius 1 is 1.59 bits per heavy atom. The lowest BCUT2D eigenvalue weighted by Gasteiger charge is -2.17. The first kappa shape index (κ1) is 12.6. The van der Waals surface area contributed by atoms with Gasteiger partial charge in [0.05, 0.1) is 5.69 Å². The quantitative estimate of drug-likeness (QED) is 0.858. The van der Waals surface area contributed by atoms with Gasteiger partial charge in [-0.25, -0.2) is 0 Å². The summed E-state index contributed by atoms with van der Waals surface area (Å²) in [5.74, 6) is 1.10. The van der Waals surface area contributed by atoms with E-state index in [1.54, 1.807) is 20.0 Å². The molecular weight excluding hydrogens is 232 g/mol. The number of aromatic nitrogens is 1. The molecule has 92 valence electrons. The molecule has 1 aromatic heterocycles. The average Bonchev–Trinajstić information content (AvgIpc) is 2.78. The third-order valence-corrected chi connectivity index (χ3v) is 3.60. The minimum atomic E-state index is -0.876. The number of pyridine rings is 1. The smallest absolute Gasteiger partial charge is 0.101 e. The molecule has 0 spiro atoms. The van der Waals surface area contributed by atoms with Crippen molar-refractivity contribution in [2.24, 2.45) is 0 Å². The predicted molar refractivity (Wildman–Crippen MR) is 71.7 cm³/mol. The van der Waals surface area contributed by atoms with Crippen LogP contribution in [0.15, 0.2) is 29.8 Å². The largest absolute Gasteiger partial charge is 0.384 e. The Morgan fingerprint density at radius 2 is 2.41 bits per heavy atom. The van der Waals surface area contributed by atoms with Crippen LogP contribution in [0, 0.1) is 0 Å². The van der Waals surface area contributed by atoms with Crippen LogP contribution in [0.25, 0.3) is 0 Å². The van der Waals surface area contributed by atoms with E-state index in [2.05, 4.69) is 21.8 Å². The number of rotatable bonds is 4. The summed E-state index contributed by atoms with van der Waals surface area (Å²) < 4.78 is 0. The first-order chi connectivity index (χ1) is 8.05. The Balaban J connectivity index is 1.98. The van der Waals surface area contributed by atoms with Crippen molar-refractivity contribution in [3.8, 4) is 0 Å². The van der Waals surface area contributed by atoms with Crippen LogP contribution in [0.1, 0.15) is 25.1 Å². The normalized spacial score (nSPS) is 19.8.